The lowest BCUT2D eigenvalue weighted by Gasteiger charge is -2.14. The Morgan fingerprint density at radius 2 is 1.67 bits per heavy atom. The molecule has 0 bridgehead atoms. The maximum Gasteiger partial charge on any atom is 0.204 e. The highest BCUT2D eigenvalue weighted by molar-refractivity contribution is 5.77. The van der Waals surface area contributed by atoms with E-state index in [4.69, 9.17) is 14.2 Å². The number of nitrogens with zero attached hydrogens (tertiary/aromatic N) is 3. The van der Waals surface area contributed by atoms with Crippen molar-refractivity contribution in [3.63, 3.8) is 0 Å². The van der Waals surface area contributed by atoms with E-state index in [2.05, 4.69) is 19.9 Å². The fraction of sp³-hybridized carbons (Fsp3) is 0.214. The first-order valence-corrected chi connectivity index (χ1v) is 6.24. The monoisotopic (exact) mass is 286 g/mol. The molecule has 0 unspecified atom stereocenters. The molecule has 0 atom stereocenters. The molecule has 2 aromatic heterocycles. The lowest BCUT2D eigenvalue weighted by atomic mass is 10.1. The maximum atomic E-state index is 5.45. The Kier molecular flexibility index (Phi) is 3.31. The van der Waals surface area contributed by atoms with Crippen LogP contribution in [0.4, 0.5) is 0 Å². The van der Waals surface area contributed by atoms with Crippen LogP contribution >= 0.6 is 0 Å². The predicted molar refractivity (Wildman–Crippen MR) is 76.8 cm³/mol. The Balaban J connectivity index is 2.21. The van der Waals surface area contributed by atoms with Crippen LogP contribution in [-0.2, 0) is 0 Å². The first-order chi connectivity index (χ1) is 10.3. The van der Waals surface area contributed by atoms with Gasteiger partial charge in [0.25, 0.3) is 0 Å². The number of nitrogens with one attached hydrogen (secondary N) is 1. The van der Waals surface area contributed by atoms with E-state index in [9.17, 15) is 0 Å². The van der Waals surface area contributed by atoms with Crippen LogP contribution in [-0.4, -0.2) is 41.3 Å². The van der Waals surface area contributed by atoms with Crippen LogP contribution in [0.25, 0.3) is 22.7 Å². The molecular weight excluding hydrogens is 272 g/mol. The predicted octanol–water partition coefficient (Wildman–Crippen LogP) is 2.05. The molecule has 21 heavy (non-hydrogen) atoms. The van der Waals surface area contributed by atoms with Gasteiger partial charge in [0, 0.05) is 12.4 Å². The number of hydrogen-bond acceptors (Lipinski definition) is 6. The molecule has 1 N–H and O–H groups in total. The summed E-state index contributed by atoms with van der Waals surface area (Å²) in [4.78, 5) is 15.9. The molecule has 3 rings (SSSR count). The van der Waals surface area contributed by atoms with Crippen molar-refractivity contribution >= 4 is 11.3 Å². The van der Waals surface area contributed by atoms with Gasteiger partial charge in [0.15, 0.2) is 22.8 Å². The number of benzene rings is 1. The fourth-order valence-electron chi connectivity index (χ4n) is 2.16. The van der Waals surface area contributed by atoms with Crippen LogP contribution in [0, 0.1) is 0 Å². The fourth-order valence-corrected chi connectivity index (χ4v) is 2.16. The second-order valence-corrected chi connectivity index (χ2v) is 4.20. The molecule has 7 heteroatoms. The zero-order chi connectivity index (χ0) is 14.8. The Labute approximate surface area is 120 Å². The van der Waals surface area contributed by atoms with Gasteiger partial charge in [-0.05, 0) is 12.1 Å². The largest absolute Gasteiger partial charge is 0.493 e. The van der Waals surface area contributed by atoms with Crippen LogP contribution in [0.1, 0.15) is 0 Å². The molecule has 2 heterocycles. The van der Waals surface area contributed by atoms with Crippen LogP contribution in [0.3, 0.4) is 0 Å². The minimum Gasteiger partial charge on any atom is -0.493 e. The van der Waals surface area contributed by atoms with Gasteiger partial charge < -0.3 is 19.2 Å². The van der Waals surface area contributed by atoms with Crippen LogP contribution in [0.2, 0.25) is 0 Å². The standard InChI is InChI=1S/C14H14N4O3/c1-19-9-5-4-8(10(20-2)11(9)21-3)12-17-13-14(18-12)16-7-6-15-13/h4-7H,1-3H3,(H,15,16,17,18). The SMILES string of the molecule is COc1ccc(-c2nc3nccnc3[nH]2)c(OC)c1OC. The van der Waals surface area contributed by atoms with Crippen LogP contribution < -0.4 is 14.2 Å². The smallest absolute Gasteiger partial charge is 0.204 e. The first-order valence-electron chi connectivity index (χ1n) is 6.24. The van der Waals surface area contributed by atoms with Gasteiger partial charge in [-0.2, -0.15) is 0 Å². The summed E-state index contributed by atoms with van der Waals surface area (Å²) in [5.41, 5.74) is 1.91. The van der Waals surface area contributed by atoms with Crippen LogP contribution in [0.15, 0.2) is 24.5 Å². The number of fused-ring (bicyclic) bond motifs is 1. The quantitative estimate of drug-likeness (QED) is 0.790. The molecule has 0 aliphatic heterocycles. The minimum absolute atomic E-state index is 0.513. The van der Waals surface area contributed by atoms with E-state index in [-0.39, 0.29) is 0 Å². The number of methoxy groups -OCH3 is 3. The summed E-state index contributed by atoms with van der Waals surface area (Å²) in [6.07, 6.45) is 3.20. The van der Waals surface area contributed by atoms with Crippen molar-refractivity contribution < 1.29 is 14.2 Å². The minimum atomic E-state index is 0.513. The van der Waals surface area contributed by atoms with Gasteiger partial charge >= 0.3 is 0 Å². The van der Waals surface area contributed by atoms with Crippen molar-refractivity contribution in [3.05, 3.63) is 24.5 Å². The second-order valence-electron chi connectivity index (χ2n) is 4.20. The molecule has 0 aliphatic carbocycles. The zero-order valence-corrected chi connectivity index (χ0v) is 11.9. The molecule has 1 aromatic carbocycles. The number of rotatable bonds is 4. The molecule has 0 aliphatic rings. The highest BCUT2D eigenvalue weighted by Gasteiger charge is 2.19. The van der Waals surface area contributed by atoms with Crippen molar-refractivity contribution in [2.45, 2.75) is 0 Å². The summed E-state index contributed by atoms with van der Waals surface area (Å²) < 4.78 is 16.1. The third-order valence-corrected chi connectivity index (χ3v) is 3.09. The lowest BCUT2D eigenvalue weighted by Crippen LogP contribution is -1.97. The van der Waals surface area contributed by atoms with E-state index in [0.29, 0.717) is 34.4 Å². The molecule has 0 radical (unpaired) electrons. The van der Waals surface area contributed by atoms with Crippen molar-refractivity contribution in [2.24, 2.45) is 0 Å². The summed E-state index contributed by atoms with van der Waals surface area (Å²) in [5, 5.41) is 0. The Morgan fingerprint density at radius 1 is 0.905 bits per heavy atom. The highest BCUT2D eigenvalue weighted by atomic mass is 16.5. The average molecular weight is 286 g/mol. The number of H-pyrrole nitrogens is 1. The molecule has 108 valence electrons. The molecule has 0 fully saturated rings. The van der Waals surface area contributed by atoms with E-state index in [1.54, 1.807) is 39.8 Å². The number of hydrogen-bond donors (Lipinski definition) is 1. The van der Waals surface area contributed by atoms with Gasteiger partial charge in [-0.15, -0.1) is 0 Å². The van der Waals surface area contributed by atoms with Crippen molar-refractivity contribution in [1.82, 2.24) is 19.9 Å². The van der Waals surface area contributed by atoms with Gasteiger partial charge in [-0.25, -0.2) is 15.0 Å². The van der Waals surface area contributed by atoms with E-state index in [1.807, 2.05) is 6.07 Å². The van der Waals surface area contributed by atoms with Crippen LogP contribution in [0.5, 0.6) is 17.2 Å². The molecule has 0 amide bonds. The van der Waals surface area contributed by atoms with Gasteiger partial charge in [0.1, 0.15) is 5.82 Å². The topological polar surface area (TPSA) is 82.2 Å². The third kappa shape index (κ3) is 2.12. The molecule has 0 spiro atoms. The van der Waals surface area contributed by atoms with E-state index in [1.165, 1.54) is 0 Å². The third-order valence-electron chi connectivity index (χ3n) is 3.09. The Bertz CT molecular complexity index is 752. The van der Waals surface area contributed by atoms with E-state index in [0.717, 1.165) is 5.56 Å². The highest BCUT2D eigenvalue weighted by Crippen LogP contribution is 2.43. The number of imidazole rings is 1. The zero-order valence-electron chi connectivity index (χ0n) is 11.9. The maximum absolute atomic E-state index is 5.45. The van der Waals surface area contributed by atoms with Crippen molar-refractivity contribution in [1.29, 1.82) is 0 Å². The lowest BCUT2D eigenvalue weighted by molar-refractivity contribution is 0.325. The average Bonchev–Trinajstić information content (AvgIpc) is 2.96. The summed E-state index contributed by atoms with van der Waals surface area (Å²) in [6.45, 7) is 0. The number of ether oxygens (including phenoxy) is 3. The summed E-state index contributed by atoms with van der Waals surface area (Å²) >= 11 is 0. The molecule has 0 saturated carbocycles. The van der Waals surface area contributed by atoms with Gasteiger partial charge in [0.2, 0.25) is 5.75 Å². The molecule has 3 aromatic rings. The van der Waals surface area contributed by atoms with Gasteiger partial charge in [-0.1, -0.05) is 0 Å². The van der Waals surface area contributed by atoms with Crippen molar-refractivity contribution in [3.8, 4) is 28.6 Å². The second kappa shape index (κ2) is 5.28. The summed E-state index contributed by atoms with van der Waals surface area (Å²) in [7, 11) is 4.71. The Morgan fingerprint density at radius 3 is 2.33 bits per heavy atom. The molecule has 0 saturated heterocycles. The molecule has 7 nitrogen and oxygen atoms in total. The van der Waals surface area contributed by atoms with Gasteiger partial charge in [-0.3, -0.25) is 0 Å². The van der Waals surface area contributed by atoms with E-state index >= 15 is 0 Å². The number of aromatic amines is 1. The van der Waals surface area contributed by atoms with E-state index < -0.39 is 0 Å². The van der Waals surface area contributed by atoms with Gasteiger partial charge in [0.05, 0.1) is 26.9 Å². The van der Waals surface area contributed by atoms with Crippen molar-refractivity contribution in [2.75, 3.05) is 21.3 Å². The summed E-state index contributed by atoms with van der Waals surface area (Å²) in [6, 6.07) is 3.64. The Hall–Kier alpha value is -2.83. The molecular formula is C14H14N4O3. The summed E-state index contributed by atoms with van der Waals surface area (Å²) in [5.74, 6) is 2.24. The normalized spacial score (nSPS) is 10.6. The first kappa shape index (κ1) is 13.2. The number of aromatic nitrogens is 4.